The largest absolute Gasteiger partial charge is 0.327 e. The Morgan fingerprint density at radius 2 is 1.44 bits per heavy atom. The van der Waals surface area contributed by atoms with E-state index < -0.39 is 0 Å². The summed E-state index contributed by atoms with van der Waals surface area (Å²) in [5, 5.41) is 0. The quantitative estimate of drug-likeness (QED) is 0.651. The Kier molecular flexibility index (Phi) is 8.09. The lowest BCUT2D eigenvalue weighted by Gasteiger charge is -2.35. The summed E-state index contributed by atoms with van der Waals surface area (Å²) < 4.78 is 0. The summed E-state index contributed by atoms with van der Waals surface area (Å²) in [6.07, 6.45) is 5.11. The van der Waals surface area contributed by atoms with Gasteiger partial charge in [-0.2, -0.15) is 0 Å². The van der Waals surface area contributed by atoms with Gasteiger partial charge in [0.2, 0.25) is 0 Å². The molecule has 5 unspecified atom stereocenters. The van der Waals surface area contributed by atoms with Crippen molar-refractivity contribution >= 4 is 0 Å². The minimum absolute atomic E-state index is 0.370. The molecule has 0 aliphatic carbocycles. The van der Waals surface area contributed by atoms with E-state index in [-0.39, 0.29) is 0 Å². The van der Waals surface area contributed by atoms with Crippen LogP contribution in [0.2, 0.25) is 0 Å². The van der Waals surface area contributed by atoms with Gasteiger partial charge in [-0.15, -0.1) is 0 Å². The van der Waals surface area contributed by atoms with E-state index in [0.717, 1.165) is 11.8 Å². The molecule has 16 heavy (non-hydrogen) atoms. The first-order chi connectivity index (χ1) is 7.49. The van der Waals surface area contributed by atoms with Crippen LogP contribution in [0, 0.1) is 23.7 Å². The lowest BCUT2D eigenvalue weighted by Crippen LogP contribution is -2.40. The van der Waals surface area contributed by atoms with Crippen LogP contribution in [0.1, 0.15) is 67.2 Å². The first kappa shape index (κ1) is 16.0. The van der Waals surface area contributed by atoms with Gasteiger partial charge in [0.1, 0.15) is 0 Å². The summed E-state index contributed by atoms with van der Waals surface area (Å²) in [6.45, 7) is 13.9. The highest BCUT2D eigenvalue weighted by Crippen LogP contribution is 2.31. The average Bonchev–Trinajstić information content (AvgIpc) is 2.28. The summed E-state index contributed by atoms with van der Waals surface area (Å²) >= 11 is 0. The molecule has 0 aliphatic rings. The topological polar surface area (TPSA) is 26.0 Å². The molecule has 0 aromatic rings. The van der Waals surface area contributed by atoms with Gasteiger partial charge in [-0.3, -0.25) is 0 Å². The van der Waals surface area contributed by atoms with Crippen molar-refractivity contribution in [2.45, 2.75) is 73.3 Å². The lowest BCUT2D eigenvalue weighted by molar-refractivity contribution is 0.178. The molecule has 2 N–H and O–H groups in total. The summed E-state index contributed by atoms with van der Waals surface area (Å²) in [4.78, 5) is 0. The van der Waals surface area contributed by atoms with Crippen molar-refractivity contribution in [3.05, 3.63) is 0 Å². The van der Waals surface area contributed by atoms with Gasteiger partial charge in [-0.05, 0) is 23.7 Å². The third kappa shape index (κ3) is 4.45. The Morgan fingerprint density at radius 3 is 1.81 bits per heavy atom. The third-order valence-corrected chi connectivity index (χ3v) is 4.53. The number of nitrogens with two attached hydrogens (primary N) is 1. The zero-order chi connectivity index (χ0) is 12.7. The van der Waals surface area contributed by atoms with Gasteiger partial charge in [0.25, 0.3) is 0 Å². The molecular weight excluding hydrogens is 194 g/mol. The summed E-state index contributed by atoms with van der Waals surface area (Å²) in [6, 6.07) is 0.370. The Bertz CT molecular complexity index is 167. The van der Waals surface area contributed by atoms with Crippen LogP contribution in [0.15, 0.2) is 0 Å². The molecule has 0 saturated heterocycles. The molecule has 0 fully saturated rings. The second-order valence-corrected chi connectivity index (χ2v) is 5.66. The standard InChI is InChI=1S/C15H33N/c1-7-10-12(5)14(9-3)13(6)15(16)11(4)8-2/h11-15H,7-10,16H2,1-6H3. The van der Waals surface area contributed by atoms with Gasteiger partial charge >= 0.3 is 0 Å². The fourth-order valence-electron chi connectivity index (χ4n) is 3.04. The van der Waals surface area contributed by atoms with Crippen molar-refractivity contribution < 1.29 is 0 Å². The Hall–Kier alpha value is -0.0400. The minimum atomic E-state index is 0.370. The van der Waals surface area contributed by atoms with E-state index in [0.29, 0.717) is 17.9 Å². The molecule has 0 heterocycles. The summed E-state index contributed by atoms with van der Waals surface area (Å²) in [5.74, 6) is 2.92. The van der Waals surface area contributed by atoms with E-state index in [1.807, 2.05) is 0 Å². The van der Waals surface area contributed by atoms with E-state index in [2.05, 4.69) is 41.5 Å². The van der Waals surface area contributed by atoms with Crippen LogP contribution in [0.25, 0.3) is 0 Å². The normalized spacial score (nSPS) is 21.2. The van der Waals surface area contributed by atoms with E-state index in [1.165, 1.54) is 25.7 Å². The summed E-state index contributed by atoms with van der Waals surface area (Å²) in [5.41, 5.74) is 6.38. The Morgan fingerprint density at radius 1 is 0.875 bits per heavy atom. The highest BCUT2D eigenvalue weighted by Gasteiger charge is 2.28. The van der Waals surface area contributed by atoms with Crippen molar-refractivity contribution in [1.29, 1.82) is 0 Å². The van der Waals surface area contributed by atoms with Crippen molar-refractivity contribution in [3.63, 3.8) is 0 Å². The van der Waals surface area contributed by atoms with Crippen molar-refractivity contribution in [2.24, 2.45) is 29.4 Å². The van der Waals surface area contributed by atoms with Crippen LogP contribution >= 0.6 is 0 Å². The zero-order valence-electron chi connectivity index (χ0n) is 12.3. The SMILES string of the molecule is CCCC(C)C(CC)C(C)C(N)C(C)CC. The summed E-state index contributed by atoms with van der Waals surface area (Å²) in [7, 11) is 0. The Labute approximate surface area is 103 Å². The van der Waals surface area contributed by atoms with E-state index in [1.54, 1.807) is 0 Å². The highest BCUT2D eigenvalue weighted by atomic mass is 14.7. The first-order valence-electron chi connectivity index (χ1n) is 7.24. The molecule has 5 atom stereocenters. The van der Waals surface area contributed by atoms with E-state index in [9.17, 15) is 0 Å². The van der Waals surface area contributed by atoms with Crippen LogP contribution in [-0.2, 0) is 0 Å². The smallest absolute Gasteiger partial charge is 0.00930 e. The fourth-order valence-corrected chi connectivity index (χ4v) is 3.04. The third-order valence-electron chi connectivity index (χ3n) is 4.53. The highest BCUT2D eigenvalue weighted by molar-refractivity contribution is 4.81. The number of hydrogen-bond acceptors (Lipinski definition) is 1. The molecule has 1 nitrogen and oxygen atoms in total. The fraction of sp³-hybridized carbons (Fsp3) is 1.00. The molecule has 0 aromatic heterocycles. The molecular formula is C15H33N. The van der Waals surface area contributed by atoms with Crippen molar-refractivity contribution in [1.82, 2.24) is 0 Å². The van der Waals surface area contributed by atoms with Crippen LogP contribution in [-0.4, -0.2) is 6.04 Å². The van der Waals surface area contributed by atoms with Crippen molar-refractivity contribution in [2.75, 3.05) is 0 Å². The van der Waals surface area contributed by atoms with Crippen LogP contribution < -0.4 is 5.73 Å². The van der Waals surface area contributed by atoms with Gasteiger partial charge in [0.15, 0.2) is 0 Å². The molecule has 0 aliphatic heterocycles. The van der Waals surface area contributed by atoms with Crippen LogP contribution in [0.3, 0.4) is 0 Å². The van der Waals surface area contributed by atoms with Gasteiger partial charge in [0.05, 0.1) is 0 Å². The second-order valence-electron chi connectivity index (χ2n) is 5.66. The monoisotopic (exact) mass is 227 g/mol. The number of hydrogen-bond donors (Lipinski definition) is 1. The Balaban J connectivity index is 4.44. The van der Waals surface area contributed by atoms with E-state index in [4.69, 9.17) is 5.73 Å². The molecule has 1 heteroatoms. The molecule has 0 spiro atoms. The molecule has 0 bridgehead atoms. The number of rotatable bonds is 8. The maximum atomic E-state index is 6.38. The maximum Gasteiger partial charge on any atom is 0.00930 e. The average molecular weight is 227 g/mol. The lowest BCUT2D eigenvalue weighted by atomic mass is 9.73. The molecule has 0 aromatic carbocycles. The predicted octanol–water partition coefficient (Wildman–Crippen LogP) is 4.46. The predicted molar refractivity (Wildman–Crippen MR) is 74.4 cm³/mol. The van der Waals surface area contributed by atoms with E-state index >= 15 is 0 Å². The van der Waals surface area contributed by atoms with Gasteiger partial charge in [-0.1, -0.05) is 67.2 Å². The van der Waals surface area contributed by atoms with Crippen LogP contribution in [0.4, 0.5) is 0 Å². The maximum absolute atomic E-state index is 6.38. The zero-order valence-corrected chi connectivity index (χ0v) is 12.3. The van der Waals surface area contributed by atoms with Gasteiger partial charge in [-0.25, -0.2) is 0 Å². The molecule has 98 valence electrons. The second kappa shape index (κ2) is 8.11. The molecule has 0 radical (unpaired) electrons. The van der Waals surface area contributed by atoms with Crippen molar-refractivity contribution in [3.8, 4) is 0 Å². The molecule has 0 saturated carbocycles. The molecule has 0 amide bonds. The van der Waals surface area contributed by atoms with Gasteiger partial charge in [0, 0.05) is 6.04 Å². The van der Waals surface area contributed by atoms with Crippen LogP contribution in [0.5, 0.6) is 0 Å². The first-order valence-corrected chi connectivity index (χ1v) is 7.24. The van der Waals surface area contributed by atoms with Gasteiger partial charge < -0.3 is 5.73 Å². The molecule has 0 rings (SSSR count). The minimum Gasteiger partial charge on any atom is -0.327 e.